The average Bonchev–Trinajstić information content (AvgIpc) is 2.92. The molecule has 4 rings (SSSR count). The fraction of sp³-hybridized carbons (Fsp3) is 0.333. The van der Waals surface area contributed by atoms with E-state index in [-0.39, 0.29) is 35.1 Å². The van der Waals surface area contributed by atoms with E-state index in [2.05, 4.69) is 12.6 Å². The van der Waals surface area contributed by atoms with Crippen LogP contribution in [-0.2, 0) is 22.0 Å². The minimum Gasteiger partial charge on any atom is -0.497 e. The van der Waals surface area contributed by atoms with Crippen molar-refractivity contribution in [1.29, 1.82) is 0 Å². The first-order chi connectivity index (χ1) is 19.1. The number of methoxy groups -OCH3 is 1. The smallest absolute Gasteiger partial charge is 0.430 e. The third-order valence-electron chi connectivity index (χ3n) is 7.00. The zero-order valence-corrected chi connectivity index (χ0v) is 23.2. The lowest BCUT2D eigenvalue weighted by molar-refractivity contribution is -0.376. The number of hydrogen-bond acceptors (Lipinski definition) is 6. The molecule has 1 saturated heterocycles. The minimum atomic E-state index is -6.01. The van der Waals surface area contributed by atoms with Gasteiger partial charge in [-0.15, -0.1) is 12.6 Å². The Balaban J connectivity index is 1.69. The Morgan fingerprint density at radius 2 is 1.49 bits per heavy atom. The van der Waals surface area contributed by atoms with Crippen LogP contribution in [0, 0.1) is 0 Å². The molecule has 1 heterocycles. The first kappa shape index (κ1) is 31.0. The van der Waals surface area contributed by atoms with Crippen molar-refractivity contribution in [2.24, 2.45) is 0 Å². The second-order valence-electron chi connectivity index (χ2n) is 9.48. The van der Waals surface area contributed by atoms with Crippen LogP contribution in [0.15, 0.2) is 82.6 Å². The maximum Gasteiger partial charge on any atom is 0.430 e. The van der Waals surface area contributed by atoms with E-state index in [4.69, 9.17) is 4.74 Å². The predicted molar refractivity (Wildman–Crippen MR) is 143 cm³/mol. The maximum absolute atomic E-state index is 13.5. The maximum atomic E-state index is 13.5. The van der Waals surface area contributed by atoms with Crippen LogP contribution in [0.25, 0.3) is 0 Å². The largest absolute Gasteiger partial charge is 0.497 e. The quantitative estimate of drug-likeness (QED) is 0.273. The molecule has 1 atom stereocenters. The molecule has 1 fully saturated rings. The Bertz CT molecular complexity index is 1450. The Morgan fingerprint density at radius 1 is 0.902 bits per heavy atom. The van der Waals surface area contributed by atoms with Gasteiger partial charge in [0.2, 0.25) is 10.0 Å². The van der Waals surface area contributed by atoms with Gasteiger partial charge in [-0.2, -0.15) is 30.6 Å². The number of piperazine rings is 1. The van der Waals surface area contributed by atoms with Gasteiger partial charge in [-0.25, -0.2) is 8.42 Å². The van der Waals surface area contributed by atoms with Gasteiger partial charge >= 0.3 is 12.4 Å². The highest BCUT2D eigenvalue weighted by Crippen LogP contribution is 2.50. The minimum absolute atomic E-state index is 0.000346. The molecule has 3 aromatic carbocycles. The topological polar surface area (TPSA) is 70.1 Å². The van der Waals surface area contributed by atoms with Gasteiger partial charge < -0.3 is 14.7 Å². The average molecular weight is 621 g/mol. The molecule has 222 valence electrons. The third-order valence-corrected chi connectivity index (χ3v) is 9.46. The summed E-state index contributed by atoms with van der Waals surface area (Å²) in [5.74, 6) is 0.598. The summed E-state index contributed by atoms with van der Waals surface area (Å²) < 4.78 is 114. The van der Waals surface area contributed by atoms with Gasteiger partial charge in [0, 0.05) is 41.8 Å². The van der Waals surface area contributed by atoms with Crippen molar-refractivity contribution < 1.29 is 44.6 Å². The van der Waals surface area contributed by atoms with Gasteiger partial charge in [0.1, 0.15) is 5.75 Å². The molecule has 1 N–H and O–H groups in total. The van der Waals surface area contributed by atoms with Crippen LogP contribution >= 0.6 is 12.6 Å². The first-order valence-corrected chi connectivity index (χ1v) is 14.1. The Morgan fingerprint density at radius 3 is 2.02 bits per heavy atom. The SMILES string of the molecule is COc1ccc(C[C@@H]2CN(S(=O)(=O)c3ccccc3S)CCN2c2ccc(C(O)(C(F)(F)F)C(F)(F)F)cc2)cc1. The second kappa shape index (κ2) is 11.4. The van der Waals surface area contributed by atoms with Crippen LogP contribution in [-0.4, -0.2) is 63.0 Å². The number of rotatable bonds is 7. The van der Waals surface area contributed by atoms with Crippen molar-refractivity contribution in [3.05, 3.63) is 83.9 Å². The molecule has 0 aliphatic carbocycles. The van der Waals surface area contributed by atoms with Crippen LogP contribution in [0.3, 0.4) is 0 Å². The van der Waals surface area contributed by atoms with Crippen LogP contribution in [0.1, 0.15) is 11.1 Å². The van der Waals surface area contributed by atoms with Crippen LogP contribution in [0.4, 0.5) is 32.0 Å². The summed E-state index contributed by atoms with van der Waals surface area (Å²) in [7, 11) is -2.46. The summed E-state index contributed by atoms with van der Waals surface area (Å²) in [4.78, 5) is 2.01. The summed E-state index contributed by atoms with van der Waals surface area (Å²) in [6.07, 6.45) is -11.7. The molecule has 0 saturated carbocycles. The number of thiol groups is 1. The van der Waals surface area contributed by atoms with E-state index >= 15 is 0 Å². The molecule has 6 nitrogen and oxygen atoms in total. The van der Waals surface area contributed by atoms with Crippen LogP contribution in [0.2, 0.25) is 0 Å². The van der Waals surface area contributed by atoms with Crippen molar-refractivity contribution in [2.75, 3.05) is 31.6 Å². The van der Waals surface area contributed by atoms with Crippen molar-refractivity contribution >= 4 is 28.3 Å². The molecule has 0 spiro atoms. The van der Waals surface area contributed by atoms with Crippen LogP contribution in [0.5, 0.6) is 5.75 Å². The monoisotopic (exact) mass is 620 g/mol. The molecule has 0 amide bonds. The highest BCUT2D eigenvalue weighted by Gasteiger charge is 2.71. The van der Waals surface area contributed by atoms with Crippen molar-refractivity contribution in [1.82, 2.24) is 4.31 Å². The molecular formula is C27H26F6N2O4S2. The van der Waals surface area contributed by atoms with E-state index in [0.717, 1.165) is 17.7 Å². The van der Waals surface area contributed by atoms with E-state index in [1.165, 1.54) is 17.5 Å². The summed E-state index contributed by atoms with van der Waals surface area (Å²) in [6, 6.07) is 15.9. The number of aliphatic hydroxyl groups is 1. The second-order valence-corrected chi connectivity index (χ2v) is 11.9. The molecule has 14 heteroatoms. The molecule has 1 aliphatic heterocycles. The normalized spacial score (nSPS) is 17.5. The lowest BCUT2D eigenvalue weighted by atomic mass is 9.92. The molecule has 41 heavy (non-hydrogen) atoms. The van der Waals surface area contributed by atoms with Gasteiger partial charge in [0.05, 0.1) is 12.0 Å². The Labute approximate surface area is 238 Å². The highest BCUT2D eigenvalue weighted by molar-refractivity contribution is 7.90. The van der Waals surface area contributed by atoms with Crippen molar-refractivity contribution in [2.45, 2.75) is 40.2 Å². The highest BCUT2D eigenvalue weighted by atomic mass is 32.2. The number of alkyl halides is 6. The Hall–Kier alpha value is -2.94. The van der Waals surface area contributed by atoms with Crippen LogP contribution < -0.4 is 9.64 Å². The van der Waals surface area contributed by atoms with E-state index < -0.39 is 39.6 Å². The molecule has 0 radical (unpaired) electrons. The third kappa shape index (κ3) is 6.01. The zero-order chi connectivity index (χ0) is 30.2. The fourth-order valence-electron chi connectivity index (χ4n) is 4.79. The summed E-state index contributed by atoms with van der Waals surface area (Å²) in [5.41, 5.74) is -5.35. The summed E-state index contributed by atoms with van der Waals surface area (Å²) in [6.45, 7) is 0.0740. The molecule has 3 aromatic rings. The lowest BCUT2D eigenvalue weighted by Crippen LogP contribution is -2.56. The molecule has 0 aromatic heterocycles. The lowest BCUT2D eigenvalue weighted by Gasteiger charge is -2.42. The van der Waals surface area contributed by atoms with Gasteiger partial charge in [0.15, 0.2) is 0 Å². The standard InChI is InChI=1S/C27H26F6N2O4S2/c1-39-22-12-6-18(7-13-22)16-21-17-34(41(37,38)24-5-3-2-4-23(24)40)14-15-35(21)20-10-8-19(9-11-20)25(36,26(28,29)30)27(31,32)33/h2-13,21,36,40H,14-17H2,1H3/t21-/m1/s1. The fourth-order valence-corrected chi connectivity index (χ4v) is 6.85. The first-order valence-electron chi connectivity index (χ1n) is 12.2. The number of halogens is 6. The summed E-state index contributed by atoms with van der Waals surface area (Å²) >= 11 is 4.27. The number of benzene rings is 3. The number of hydrogen-bond donors (Lipinski definition) is 2. The number of anilines is 1. The predicted octanol–water partition coefficient (Wildman–Crippen LogP) is 5.42. The van der Waals surface area contributed by atoms with Crippen molar-refractivity contribution in [3.8, 4) is 5.75 Å². The number of nitrogens with zero attached hydrogens (tertiary/aromatic N) is 2. The molecule has 0 unspecified atom stereocenters. The molecular weight excluding hydrogens is 594 g/mol. The van der Waals surface area contributed by atoms with Gasteiger partial charge in [-0.1, -0.05) is 36.4 Å². The number of sulfonamides is 1. The van der Waals surface area contributed by atoms with E-state index in [1.807, 2.05) is 0 Å². The van der Waals surface area contributed by atoms with E-state index in [9.17, 15) is 39.9 Å². The zero-order valence-electron chi connectivity index (χ0n) is 21.5. The van der Waals surface area contributed by atoms with E-state index in [0.29, 0.717) is 24.3 Å². The van der Waals surface area contributed by atoms with E-state index in [1.54, 1.807) is 47.4 Å². The van der Waals surface area contributed by atoms with Crippen molar-refractivity contribution in [3.63, 3.8) is 0 Å². The Kier molecular flexibility index (Phi) is 8.61. The van der Waals surface area contributed by atoms with Gasteiger partial charge in [-0.05, 0) is 48.4 Å². The number of ether oxygens (including phenoxy) is 1. The molecule has 1 aliphatic rings. The summed E-state index contributed by atoms with van der Waals surface area (Å²) in [5, 5.41) is 9.75. The van der Waals surface area contributed by atoms with Gasteiger partial charge in [-0.3, -0.25) is 0 Å². The molecule has 0 bridgehead atoms. The van der Waals surface area contributed by atoms with Gasteiger partial charge in [0.25, 0.3) is 5.60 Å².